The van der Waals surface area contributed by atoms with Crippen LogP contribution in [0.3, 0.4) is 0 Å². The highest BCUT2D eigenvalue weighted by Gasteiger charge is 2.28. The lowest BCUT2D eigenvalue weighted by molar-refractivity contribution is 0.157. The number of nitrogens with zero attached hydrogens (tertiary/aromatic N) is 1. The van der Waals surface area contributed by atoms with Gasteiger partial charge in [0.1, 0.15) is 6.61 Å². The van der Waals surface area contributed by atoms with Gasteiger partial charge in [0.15, 0.2) is 0 Å². The standard InChI is InChI=1S/C8H16N2O2/c1-7-6-12-8(11)10(7)5-3-4-9-2/h7,9H,3-6H2,1-2H3. The van der Waals surface area contributed by atoms with Crippen LogP contribution >= 0.6 is 0 Å². The minimum absolute atomic E-state index is 0.168. The molecule has 12 heavy (non-hydrogen) atoms. The molecular formula is C8H16N2O2. The molecule has 70 valence electrons. The predicted octanol–water partition coefficient (Wildman–Crippen LogP) is 0.437. The van der Waals surface area contributed by atoms with E-state index in [4.69, 9.17) is 4.74 Å². The van der Waals surface area contributed by atoms with Crippen LogP contribution < -0.4 is 5.32 Å². The van der Waals surface area contributed by atoms with Crippen molar-refractivity contribution in [3.05, 3.63) is 0 Å². The first-order valence-corrected chi connectivity index (χ1v) is 4.33. The van der Waals surface area contributed by atoms with Gasteiger partial charge in [0.25, 0.3) is 0 Å². The maximum absolute atomic E-state index is 11.1. The molecule has 0 aromatic heterocycles. The Bertz CT molecular complexity index is 161. The van der Waals surface area contributed by atoms with Crippen LogP contribution in [0.2, 0.25) is 0 Å². The summed E-state index contributed by atoms with van der Waals surface area (Å²) >= 11 is 0. The second kappa shape index (κ2) is 4.30. The molecule has 0 bridgehead atoms. The molecule has 0 aromatic rings. The first-order valence-electron chi connectivity index (χ1n) is 4.33. The van der Waals surface area contributed by atoms with E-state index in [-0.39, 0.29) is 12.1 Å². The largest absolute Gasteiger partial charge is 0.447 e. The van der Waals surface area contributed by atoms with Crippen LogP contribution in [0.15, 0.2) is 0 Å². The van der Waals surface area contributed by atoms with Gasteiger partial charge in [0.05, 0.1) is 6.04 Å². The highest BCUT2D eigenvalue weighted by molar-refractivity contribution is 5.69. The Morgan fingerprint density at radius 1 is 1.75 bits per heavy atom. The summed E-state index contributed by atoms with van der Waals surface area (Å²) in [6.45, 7) is 4.28. The number of ether oxygens (including phenoxy) is 1. The molecule has 0 aliphatic carbocycles. The highest BCUT2D eigenvalue weighted by atomic mass is 16.6. The number of carbonyl (C=O) groups excluding carboxylic acids is 1. The van der Waals surface area contributed by atoms with E-state index in [0.717, 1.165) is 19.5 Å². The topological polar surface area (TPSA) is 41.6 Å². The average molecular weight is 172 g/mol. The van der Waals surface area contributed by atoms with Crippen LogP contribution in [0, 0.1) is 0 Å². The molecule has 1 saturated heterocycles. The van der Waals surface area contributed by atoms with Gasteiger partial charge in [0.2, 0.25) is 0 Å². The van der Waals surface area contributed by atoms with Crippen molar-refractivity contribution in [2.24, 2.45) is 0 Å². The van der Waals surface area contributed by atoms with Crippen LogP contribution in [-0.4, -0.2) is 43.8 Å². The Balaban J connectivity index is 2.25. The van der Waals surface area contributed by atoms with E-state index in [1.807, 2.05) is 14.0 Å². The quantitative estimate of drug-likeness (QED) is 0.625. The Hall–Kier alpha value is -0.770. The average Bonchev–Trinajstić information content (AvgIpc) is 2.35. The van der Waals surface area contributed by atoms with E-state index in [0.29, 0.717) is 6.61 Å². The second-order valence-corrected chi connectivity index (χ2v) is 3.08. The van der Waals surface area contributed by atoms with Crippen molar-refractivity contribution in [3.63, 3.8) is 0 Å². The minimum atomic E-state index is -0.168. The Morgan fingerprint density at radius 3 is 3.00 bits per heavy atom. The molecule has 1 unspecified atom stereocenters. The smallest absolute Gasteiger partial charge is 0.410 e. The van der Waals surface area contributed by atoms with Crippen molar-refractivity contribution in [1.29, 1.82) is 0 Å². The third-order valence-corrected chi connectivity index (χ3v) is 2.04. The molecule has 1 rings (SSSR count). The van der Waals surface area contributed by atoms with Crippen LogP contribution in [0.5, 0.6) is 0 Å². The summed E-state index contributed by atoms with van der Waals surface area (Å²) in [6.07, 6.45) is 0.814. The van der Waals surface area contributed by atoms with E-state index in [2.05, 4.69) is 5.32 Å². The summed E-state index contributed by atoms with van der Waals surface area (Å²) < 4.78 is 4.88. The van der Waals surface area contributed by atoms with Crippen LogP contribution in [-0.2, 0) is 4.74 Å². The number of rotatable bonds is 4. The first kappa shape index (κ1) is 9.32. The van der Waals surface area contributed by atoms with Gasteiger partial charge in [-0.3, -0.25) is 0 Å². The van der Waals surface area contributed by atoms with Crippen LogP contribution in [0.1, 0.15) is 13.3 Å². The molecule has 0 radical (unpaired) electrons. The number of cyclic esters (lactones) is 1. The van der Waals surface area contributed by atoms with Crippen LogP contribution in [0.4, 0.5) is 4.79 Å². The number of hydrogen-bond donors (Lipinski definition) is 1. The Morgan fingerprint density at radius 2 is 2.50 bits per heavy atom. The van der Waals surface area contributed by atoms with Gasteiger partial charge in [0, 0.05) is 6.54 Å². The van der Waals surface area contributed by atoms with Crippen molar-refractivity contribution < 1.29 is 9.53 Å². The highest BCUT2D eigenvalue weighted by Crippen LogP contribution is 2.11. The minimum Gasteiger partial charge on any atom is -0.447 e. The van der Waals surface area contributed by atoms with E-state index in [1.54, 1.807) is 4.90 Å². The molecule has 1 amide bonds. The normalized spacial score (nSPS) is 23.0. The third-order valence-electron chi connectivity index (χ3n) is 2.04. The van der Waals surface area contributed by atoms with Gasteiger partial charge in [-0.05, 0) is 26.9 Å². The molecule has 4 heteroatoms. The van der Waals surface area contributed by atoms with E-state index >= 15 is 0 Å². The zero-order valence-electron chi connectivity index (χ0n) is 7.67. The van der Waals surface area contributed by atoms with Gasteiger partial charge in [-0.15, -0.1) is 0 Å². The lowest BCUT2D eigenvalue weighted by atomic mass is 10.3. The molecule has 1 aliphatic rings. The first-order chi connectivity index (χ1) is 5.75. The Labute approximate surface area is 72.9 Å². The van der Waals surface area contributed by atoms with Gasteiger partial charge in [-0.2, -0.15) is 0 Å². The number of hydrogen-bond acceptors (Lipinski definition) is 3. The van der Waals surface area contributed by atoms with E-state index in [1.165, 1.54) is 0 Å². The summed E-state index contributed by atoms with van der Waals surface area (Å²) in [6, 6.07) is 0.245. The van der Waals surface area contributed by atoms with Gasteiger partial charge in [-0.25, -0.2) is 4.79 Å². The van der Waals surface area contributed by atoms with Gasteiger partial charge >= 0.3 is 6.09 Å². The van der Waals surface area contributed by atoms with Gasteiger partial charge in [-0.1, -0.05) is 0 Å². The number of carbonyl (C=O) groups is 1. The molecule has 1 heterocycles. The second-order valence-electron chi connectivity index (χ2n) is 3.08. The zero-order chi connectivity index (χ0) is 8.97. The molecule has 1 fully saturated rings. The Kier molecular flexibility index (Phi) is 3.34. The fraction of sp³-hybridized carbons (Fsp3) is 0.875. The zero-order valence-corrected chi connectivity index (χ0v) is 7.67. The third kappa shape index (κ3) is 2.11. The predicted molar refractivity (Wildman–Crippen MR) is 46.1 cm³/mol. The molecule has 1 aliphatic heterocycles. The molecule has 4 nitrogen and oxygen atoms in total. The van der Waals surface area contributed by atoms with Crippen molar-refractivity contribution >= 4 is 6.09 Å². The summed E-state index contributed by atoms with van der Waals surface area (Å²) in [7, 11) is 1.91. The fourth-order valence-electron chi connectivity index (χ4n) is 1.28. The summed E-state index contributed by atoms with van der Waals surface area (Å²) in [5, 5.41) is 3.04. The van der Waals surface area contributed by atoms with Crippen molar-refractivity contribution in [1.82, 2.24) is 10.2 Å². The molecule has 0 spiro atoms. The fourth-order valence-corrected chi connectivity index (χ4v) is 1.28. The lowest BCUT2D eigenvalue weighted by Crippen LogP contribution is -2.33. The molecule has 1 atom stereocenters. The number of nitrogens with one attached hydrogen (secondary N) is 1. The lowest BCUT2D eigenvalue weighted by Gasteiger charge is -2.17. The molecule has 1 N–H and O–H groups in total. The van der Waals surface area contributed by atoms with E-state index < -0.39 is 0 Å². The maximum Gasteiger partial charge on any atom is 0.410 e. The number of amides is 1. The summed E-state index contributed by atoms with van der Waals surface area (Å²) in [4.78, 5) is 12.8. The molecule has 0 saturated carbocycles. The summed E-state index contributed by atoms with van der Waals surface area (Å²) in [5.41, 5.74) is 0. The van der Waals surface area contributed by atoms with E-state index in [9.17, 15) is 4.79 Å². The maximum atomic E-state index is 11.1. The molecular weight excluding hydrogens is 156 g/mol. The van der Waals surface area contributed by atoms with Crippen molar-refractivity contribution in [2.75, 3.05) is 26.7 Å². The monoisotopic (exact) mass is 172 g/mol. The van der Waals surface area contributed by atoms with Gasteiger partial charge < -0.3 is 15.0 Å². The van der Waals surface area contributed by atoms with Crippen molar-refractivity contribution in [2.45, 2.75) is 19.4 Å². The van der Waals surface area contributed by atoms with Crippen molar-refractivity contribution in [3.8, 4) is 0 Å². The SMILES string of the molecule is CNCCCN1C(=O)OCC1C. The summed E-state index contributed by atoms with van der Waals surface area (Å²) in [5.74, 6) is 0. The molecule has 0 aromatic carbocycles. The van der Waals surface area contributed by atoms with Crippen LogP contribution in [0.25, 0.3) is 0 Å².